The van der Waals surface area contributed by atoms with Crippen LogP contribution in [0.15, 0.2) is 0 Å². The van der Waals surface area contributed by atoms with Gasteiger partial charge in [0.25, 0.3) is 0 Å². The molecule has 1 N–H and O–H groups in total. The van der Waals surface area contributed by atoms with Crippen molar-refractivity contribution >= 4 is 0 Å². The minimum absolute atomic E-state index is 0.282. The standard InChI is InChI=1S/C18H38O10/c1-20-2-3-21-4-5-22-6-7-23-8-9-24-10-11-25-12-13-26-14-15-27-16-17-28-18-19/h19H,2-18H2,1H3. The molecule has 0 saturated heterocycles. The first-order valence-corrected chi connectivity index (χ1v) is 9.63. The summed E-state index contributed by atoms with van der Waals surface area (Å²) in [5.74, 6) is 0. The molecular weight excluding hydrogens is 376 g/mol. The topological polar surface area (TPSA) is 103 Å². The van der Waals surface area contributed by atoms with Crippen molar-refractivity contribution in [1.29, 1.82) is 0 Å². The summed E-state index contributed by atoms with van der Waals surface area (Å²) in [5.41, 5.74) is 0. The highest BCUT2D eigenvalue weighted by molar-refractivity contribution is 4.37. The molecule has 0 heterocycles. The maximum atomic E-state index is 8.40. The van der Waals surface area contributed by atoms with Crippen molar-refractivity contribution in [2.24, 2.45) is 0 Å². The van der Waals surface area contributed by atoms with Crippen LogP contribution < -0.4 is 0 Å². The molecule has 0 aliphatic heterocycles. The predicted octanol–water partition coefficient (Wildman–Crippen LogP) is -0.285. The third-order valence-corrected chi connectivity index (χ3v) is 3.13. The highest BCUT2D eigenvalue weighted by Crippen LogP contribution is 1.85. The summed E-state index contributed by atoms with van der Waals surface area (Å²) >= 11 is 0. The molecule has 28 heavy (non-hydrogen) atoms. The second kappa shape index (κ2) is 26.6. The minimum atomic E-state index is -0.282. The van der Waals surface area contributed by atoms with E-state index in [1.165, 1.54) is 0 Å². The summed E-state index contributed by atoms with van der Waals surface area (Å²) in [6.45, 7) is 8.02. The molecule has 10 nitrogen and oxygen atoms in total. The predicted molar refractivity (Wildman–Crippen MR) is 101 cm³/mol. The Kier molecular flexibility index (Phi) is 26.2. The van der Waals surface area contributed by atoms with Gasteiger partial charge in [-0.05, 0) is 0 Å². The van der Waals surface area contributed by atoms with Crippen LogP contribution in [0.1, 0.15) is 0 Å². The van der Waals surface area contributed by atoms with E-state index in [2.05, 4.69) is 0 Å². The highest BCUT2D eigenvalue weighted by Gasteiger charge is 1.94. The molecule has 10 heteroatoms. The van der Waals surface area contributed by atoms with Crippen molar-refractivity contribution < 1.29 is 47.7 Å². The Labute approximate surface area is 168 Å². The van der Waals surface area contributed by atoms with Crippen molar-refractivity contribution in [2.45, 2.75) is 0 Å². The van der Waals surface area contributed by atoms with Gasteiger partial charge in [0, 0.05) is 7.11 Å². The zero-order valence-electron chi connectivity index (χ0n) is 17.1. The molecule has 0 atom stereocenters. The Morgan fingerprint density at radius 1 is 0.357 bits per heavy atom. The molecule has 0 aromatic carbocycles. The summed E-state index contributed by atoms with van der Waals surface area (Å²) in [5, 5.41) is 8.40. The molecule has 0 aliphatic rings. The van der Waals surface area contributed by atoms with Crippen molar-refractivity contribution in [2.75, 3.05) is 120 Å². The van der Waals surface area contributed by atoms with Gasteiger partial charge in [-0.2, -0.15) is 0 Å². The van der Waals surface area contributed by atoms with Crippen LogP contribution in [-0.2, 0) is 42.6 Å². The molecule has 0 amide bonds. The van der Waals surface area contributed by atoms with Gasteiger partial charge in [0.2, 0.25) is 0 Å². The zero-order valence-corrected chi connectivity index (χ0v) is 17.1. The molecule has 0 aliphatic carbocycles. The lowest BCUT2D eigenvalue weighted by atomic mass is 10.6. The quantitative estimate of drug-likeness (QED) is 0.158. The van der Waals surface area contributed by atoms with Gasteiger partial charge >= 0.3 is 0 Å². The second-order valence-corrected chi connectivity index (χ2v) is 5.32. The molecule has 0 radical (unpaired) electrons. The lowest BCUT2D eigenvalue weighted by molar-refractivity contribution is -0.0417. The lowest BCUT2D eigenvalue weighted by Gasteiger charge is -2.08. The summed E-state index contributed by atoms with van der Waals surface area (Å²) in [4.78, 5) is 0. The van der Waals surface area contributed by atoms with E-state index in [0.717, 1.165) is 0 Å². The number of rotatable bonds is 25. The summed E-state index contributed by atoms with van der Waals surface area (Å²) in [7, 11) is 1.64. The molecule has 0 spiro atoms. The first-order valence-electron chi connectivity index (χ1n) is 9.63. The third kappa shape index (κ3) is 25.6. The largest absolute Gasteiger partial charge is 0.382 e. The van der Waals surface area contributed by atoms with E-state index in [9.17, 15) is 0 Å². The van der Waals surface area contributed by atoms with Gasteiger partial charge < -0.3 is 47.7 Å². The SMILES string of the molecule is COCCOCCOCCOCCOCCOCCOCCOCCOCO. The monoisotopic (exact) mass is 414 g/mol. The minimum Gasteiger partial charge on any atom is -0.382 e. The third-order valence-electron chi connectivity index (χ3n) is 3.13. The number of methoxy groups -OCH3 is 1. The van der Waals surface area contributed by atoms with Crippen LogP contribution in [0.25, 0.3) is 0 Å². The van der Waals surface area contributed by atoms with Crippen molar-refractivity contribution in [3.05, 3.63) is 0 Å². The normalized spacial score (nSPS) is 11.4. The summed E-state index contributed by atoms with van der Waals surface area (Å²) in [6, 6.07) is 0. The van der Waals surface area contributed by atoms with Crippen molar-refractivity contribution in [3.8, 4) is 0 Å². The smallest absolute Gasteiger partial charge is 0.143 e. The maximum absolute atomic E-state index is 8.40. The molecule has 0 saturated carbocycles. The molecular formula is C18H38O10. The van der Waals surface area contributed by atoms with Gasteiger partial charge in [0.15, 0.2) is 0 Å². The van der Waals surface area contributed by atoms with Gasteiger partial charge in [-0.15, -0.1) is 0 Å². The molecule has 0 aromatic heterocycles. The van der Waals surface area contributed by atoms with E-state index in [1.807, 2.05) is 0 Å². The Balaban J connectivity index is 2.96. The van der Waals surface area contributed by atoms with Crippen LogP contribution >= 0.6 is 0 Å². The Bertz CT molecular complexity index is 245. The molecule has 0 aromatic rings. The lowest BCUT2D eigenvalue weighted by Crippen LogP contribution is -2.15. The second-order valence-electron chi connectivity index (χ2n) is 5.32. The number of hydrogen-bond donors (Lipinski definition) is 1. The van der Waals surface area contributed by atoms with Crippen LogP contribution in [0.5, 0.6) is 0 Å². The van der Waals surface area contributed by atoms with Crippen molar-refractivity contribution in [3.63, 3.8) is 0 Å². The molecule has 0 bridgehead atoms. The van der Waals surface area contributed by atoms with Gasteiger partial charge in [-0.1, -0.05) is 0 Å². The van der Waals surface area contributed by atoms with E-state index in [0.29, 0.717) is 106 Å². The molecule has 170 valence electrons. The van der Waals surface area contributed by atoms with E-state index in [4.69, 9.17) is 47.7 Å². The van der Waals surface area contributed by atoms with Crippen LogP contribution in [0.3, 0.4) is 0 Å². The number of aliphatic hydroxyl groups is 1. The van der Waals surface area contributed by atoms with Crippen molar-refractivity contribution in [1.82, 2.24) is 0 Å². The molecule has 0 fully saturated rings. The van der Waals surface area contributed by atoms with Gasteiger partial charge in [-0.3, -0.25) is 0 Å². The average molecular weight is 414 g/mol. The molecule has 0 rings (SSSR count). The van der Waals surface area contributed by atoms with Gasteiger partial charge in [-0.25, -0.2) is 0 Å². The van der Waals surface area contributed by atoms with Crippen LogP contribution in [0.2, 0.25) is 0 Å². The summed E-state index contributed by atoms with van der Waals surface area (Å²) in [6.07, 6.45) is 0. The van der Waals surface area contributed by atoms with E-state index in [-0.39, 0.29) is 6.79 Å². The first kappa shape index (κ1) is 27.6. The summed E-state index contributed by atoms with van der Waals surface area (Å²) < 4.78 is 46.9. The number of ether oxygens (including phenoxy) is 9. The van der Waals surface area contributed by atoms with E-state index >= 15 is 0 Å². The van der Waals surface area contributed by atoms with Crippen LogP contribution in [0.4, 0.5) is 0 Å². The average Bonchev–Trinajstić information content (AvgIpc) is 2.71. The van der Waals surface area contributed by atoms with Crippen LogP contribution in [-0.4, -0.2) is 125 Å². The first-order chi connectivity index (χ1) is 13.9. The number of aliphatic hydroxyl groups excluding tert-OH is 1. The number of hydrogen-bond acceptors (Lipinski definition) is 10. The maximum Gasteiger partial charge on any atom is 0.143 e. The van der Waals surface area contributed by atoms with E-state index in [1.54, 1.807) is 7.11 Å². The fourth-order valence-corrected chi connectivity index (χ4v) is 1.75. The Hall–Kier alpha value is -0.400. The zero-order chi connectivity index (χ0) is 20.4. The Morgan fingerprint density at radius 2 is 0.571 bits per heavy atom. The fourth-order valence-electron chi connectivity index (χ4n) is 1.75. The van der Waals surface area contributed by atoms with Gasteiger partial charge in [0.1, 0.15) is 6.79 Å². The fraction of sp³-hybridized carbons (Fsp3) is 1.00. The van der Waals surface area contributed by atoms with Crippen LogP contribution in [0, 0.1) is 0 Å². The van der Waals surface area contributed by atoms with Gasteiger partial charge in [0.05, 0.1) is 106 Å². The Morgan fingerprint density at radius 3 is 0.786 bits per heavy atom. The molecule has 0 unspecified atom stereocenters. The highest BCUT2D eigenvalue weighted by atomic mass is 16.6. The van der Waals surface area contributed by atoms with E-state index < -0.39 is 0 Å².